The number of ether oxygens (including phenoxy) is 1. The Kier molecular flexibility index (Phi) is 9.96. The zero-order valence-electron chi connectivity index (χ0n) is 20.8. The van der Waals surface area contributed by atoms with Crippen molar-refractivity contribution in [1.29, 1.82) is 0 Å². The van der Waals surface area contributed by atoms with Gasteiger partial charge in [-0.2, -0.15) is 5.10 Å². The molecular weight excluding hydrogens is 484 g/mol. The number of hydrogen-bond acceptors (Lipinski definition) is 5. The van der Waals surface area contributed by atoms with Crippen molar-refractivity contribution in [2.75, 3.05) is 25.6 Å². The fraction of sp³-hybridized carbons (Fsp3) is 0.346. The summed E-state index contributed by atoms with van der Waals surface area (Å²) >= 11 is 0. The van der Waals surface area contributed by atoms with Gasteiger partial charge in [0.25, 0.3) is 0 Å². The van der Waals surface area contributed by atoms with Gasteiger partial charge in [-0.05, 0) is 30.9 Å². The third kappa shape index (κ3) is 7.74. The van der Waals surface area contributed by atoms with E-state index < -0.39 is 29.8 Å². The van der Waals surface area contributed by atoms with Gasteiger partial charge < -0.3 is 20.1 Å². The number of hydrogen-bond donors (Lipinski definition) is 3. The van der Waals surface area contributed by atoms with Crippen molar-refractivity contribution in [2.24, 2.45) is 7.05 Å². The molecule has 9 nitrogen and oxygen atoms in total. The minimum atomic E-state index is -1.02. The van der Waals surface area contributed by atoms with Crippen molar-refractivity contribution < 1.29 is 28.2 Å². The molecular formula is C26H31F2N5O4. The van der Waals surface area contributed by atoms with Crippen LogP contribution in [0.5, 0.6) is 0 Å². The lowest BCUT2D eigenvalue weighted by Gasteiger charge is -2.28. The molecule has 0 saturated heterocycles. The Bertz CT molecular complexity index is 1190. The first-order chi connectivity index (χ1) is 17.8. The zero-order valence-corrected chi connectivity index (χ0v) is 20.8. The molecule has 1 aromatic heterocycles. The number of urea groups is 1. The number of amides is 3. The fourth-order valence-corrected chi connectivity index (χ4v) is 3.75. The number of likely N-dealkylation sites (N-methyl/N-ethyl adjacent to an activating group) is 1. The number of nitrogens with zero attached hydrogens (tertiary/aromatic N) is 3. The highest BCUT2D eigenvalue weighted by molar-refractivity contribution is 5.84. The van der Waals surface area contributed by atoms with Crippen LogP contribution in [0.3, 0.4) is 0 Å². The molecule has 1 atom stereocenters. The number of halogens is 2. The second kappa shape index (κ2) is 13.4. The second-order valence-electron chi connectivity index (χ2n) is 8.48. The van der Waals surface area contributed by atoms with Gasteiger partial charge in [0.2, 0.25) is 0 Å². The number of aryl methyl sites for hydroxylation is 1. The van der Waals surface area contributed by atoms with Gasteiger partial charge in [0.1, 0.15) is 6.61 Å². The van der Waals surface area contributed by atoms with E-state index in [1.165, 1.54) is 24.1 Å². The van der Waals surface area contributed by atoms with Crippen LogP contribution < -0.4 is 10.6 Å². The maximum atomic E-state index is 13.9. The molecule has 3 N–H and O–H groups in total. The van der Waals surface area contributed by atoms with E-state index in [1.807, 2.05) is 30.3 Å². The number of rotatable bonds is 11. The Labute approximate surface area is 214 Å². The molecule has 0 fully saturated rings. The van der Waals surface area contributed by atoms with Crippen LogP contribution in [0.2, 0.25) is 0 Å². The number of benzene rings is 2. The molecule has 11 heteroatoms. The molecule has 0 unspecified atom stereocenters. The molecule has 0 aliphatic heterocycles. The van der Waals surface area contributed by atoms with Crippen LogP contribution in [0, 0.1) is 11.6 Å². The largest absolute Gasteiger partial charge is 0.447 e. The molecule has 0 aliphatic carbocycles. The highest BCUT2D eigenvalue weighted by Crippen LogP contribution is 2.21. The number of anilines is 1. The Morgan fingerprint density at radius 1 is 1.14 bits per heavy atom. The van der Waals surface area contributed by atoms with Gasteiger partial charge in [-0.3, -0.25) is 10.00 Å². The van der Waals surface area contributed by atoms with E-state index in [1.54, 1.807) is 17.8 Å². The Morgan fingerprint density at radius 3 is 2.62 bits per heavy atom. The van der Waals surface area contributed by atoms with Crippen molar-refractivity contribution in [3.8, 4) is 11.3 Å². The number of aliphatic hydroxyl groups is 1. The van der Waals surface area contributed by atoms with E-state index in [0.29, 0.717) is 25.1 Å². The summed E-state index contributed by atoms with van der Waals surface area (Å²) in [5, 5.41) is 18.5. The molecule has 0 aliphatic rings. The van der Waals surface area contributed by atoms with Gasteiger partial charge in [-0.15, -0.1) is 0 Å². The van der Waals surface area contributed by atoms with E-state index in [0.717, 1.165) is 17.3 Å². The molecule has 37 heavy (non-hydrogen) atoms. The third-order valence-electron chi connectivity index (χ3n) is 5.86. The number of aromatic nitrogens is 2. The van der Waals surface area contributed by atoms with Crippen LogP contribution >= 0.6 is 0 Å². The smallest absolute Gasteiger partial charge is 0.412 e. The second-order valence-corrected chi connectivity index (χ2v) is 8.48. The molecule has 3 amide bonds. The van der Waals surface area contributed by atoms with E-state index in [4.69, 9.17) is 9.84 Å². The van der Waals surface area contributed by atoms with Gasteiger partial charge in [-0.1, -0.05) is 42.5 Å². The zero-order chi connectivity index (χ0) is 26.8. The van der Waals surface area contributed by atoms with Gasteiger partial charge in [0, 0.05) is 38.9 Å². The Hall–Kier alpha value is -3.99. The van der Waals surface area contributed by atoms with Gasteiger partial charge in [0.05, 0.1) is 11.7 Å². The van der Waals surface area contributed by atoms with E-state index in [2.05, 4.69) is 15.7 Å². The number of carbonyl (C=O) groups is 2. The van der Waals surface area contributed by atoms with Crippen molar-refractivity contribution >= 4 is 17.9 Å². The molecule has 3 rings (SSSR count). The summed E-state index contributed by atoms with van der Waals surface area (Å²) in [6, 6.07) is 14.0. The van der Waals surface area contributed by atoms with Crippen LogP contribution in [0.15, 0.2) is 54.6 Å². The average Bonchev–Trinajstić information content (AvgIpc) is 3.26. The highest BCUT2D eigenvalue weighted by atomic mass is 19.2. The summed E-state index contributed by atoms with van der Waals surface area (Å²) in [6.07, 6.45) is 0.820. The molecule has 2 aromatic carbocycles. The van der Waals surface area contributed by atoms with E-state index in [-0.39, 0.29) is 25.3 Å². The summed E-state index contributed by atoms with van der Waals surface area (Å²) in [6.45, 7) is -0.332. The summed E-state index contributed by atoms with van der Waals surface area (Å²) < 4.78 is 34.3. The summed E-state index contributed by atoms with van der Waals surface area (Å²) in [7, 11) is 3.28. The molecule has 0 saturated carbocycles. The van der Waals surface area contributed by atoms with Crippen LogP contribution in [-0.4, -0.2) is 58.2 Å². The minimum absolute atomic E-state index is 0.00769. The van der Waals surface area contributed by atoms with Crippen LogP contribution in [0.25, 0.3) is 11.3 Å². The number of carbonyl (C=O) groups excluding carboxylic acids is 2. The Morgan fingerprint density at radius 2 is 1.89 bits per heavy atom. The predicted molar refractivity (Wildman–Crippen MR) is 135 cm³/mol. The first-order valence-electron chi connectivity index (χ1n) is 11.9. The lowest BCUT2D eigenvalue weighted by atomic mass is 10.1. The van der Waals surface area contributed by atoms with E-state index in [9.17, 15) is 18.4 Å². The number of nitrogens with one attached hydrogen (secondary N) is 2. The highest BCUT2D eigenvalue weighted by Gasteiger charge is 2.22. The molecule has 1 heterocycles. The summed E-state index contributed by atoms with van der Waals surface area (Å²) in [5.74, 6) is -1.70. The molecule has 0 radical (unpaired) electrons. The predicted octanol–water partition coefficient (Wildman–Crippen LogP) is 4.29. The molecule has 198 valence electrons. The normalized spacial score (nSPS) is 11.6. The lowest BCUT2D eigenvalue weighted by Crippen LogP contribution is -2.46. The molecule has 0 bridgehead atoms. The molecule has 3 aromatic rings. The van der Waals surface area contributed by atoms with Crippen LogP contribution in [-0.2, 0) is 18.3 Å². The quantitative estimate of drug-likeness (QED) is 0.330. The topological polar surface area (TPSA) is 109 Å². The third-order valence-corrected chi connectivity index (χ3v) is 5.86. The van der Waals surface area contributed by atoms with Crippen molar-refractivity contribution in [1.82, 2.24) is 20.0 Å². The summed E-state index contributed by atoms with van der Waals surface area (Å²) in [4.78, 5) is 26.5. The standard InChI is InChI=1S/C26H31F2N5O4/c1-32(25(35)29-16-19-11-8-13-21(27)24(19)28)20(12-6-7-14-34)17-37-26(36)30-23-15-22(33(2)31-23)18-9-4-3-5-10-18/h3-5,8-11,13,15,20,34H,6-7,12,14,16-17H2,1-2H3,(H,29,35)(H,30,31,36)/t20-/m0/s1. The van der Waals surface area contributed by atoms with Gasteiger partial charge >= 0.3 is 12.1 Å². The van der Waals surface area contributed by atoms with Gasteiger partial charge in [-0.25, -0.2) is 18.4 Å². The van der Waals surface area contributed by atoms with Crippen molar-refractivity contribution in [3.63, 3.8) is 0 Å². The lowest BCUT2D eigenvalue weighted by molar-refractivity contribution is 0.112. The maximum Gasteiger partial charge on any atom is 0.412 e. The van der Waals surface area contributed by atoms with Crippen LogP contribution in [0.1, 0.15) is 24.8 Å². The fourth-order valence-electron chi connectivity index (χ4n) is 3.75. The first kappa shape index (κ1) is 27.6. The molecule has 0 spiro atoms. The van der Waals surface area contributed by atoms with Gasteiger partial charge in [0.15, 0.2) is 17.5 Å². The number of aliphatic hydroxyl groups excluding tert-OH is 1. The van der Waals surface area contributed by atoms with E-state index >= 15 is 0 Å². The number of unbranched alkanes of at least 4 members (excludes halogenated alkanes) is 1. The Balaban J connectivity index is 1.57. The van der Waals surface area contributed by atoms with Crippen molar-refractivity contribution in [2.45, 2.75) is 31.8 Å². The first-order valence-corrected chi connectivity index (χ1v) is 11.9. The average molecular weight is 516 g/mol. The summed E-state index contributed by atoms with van der Waals surface area (Å²) in [5.41, 5.74) is 1.76. The monoisotopic (exact) mass is 515 g/mol. The minimum Gasteiger partial charge on any atom is -0.447 e. The van der Waals surface area contributed by atoms with Crippen LogP contribution in [0.4, 0.5) is 24.2 Å². The van der Waals surface area contributed by atoms with Crippen molar-refractivity contribution in [3.05, 3.63) is 71.8 Å². The maximum absolute atomic E-state index is 13.9. The SMILES string of the molecule is CN(C(=O)NCc1cccc(F)c1F)[C@@H](CCCCO)COC(=O)Nc1cc(-c2ccccc2)n(C)n1.